The third kappa shape index (κ3) is 7.51. The maximum atomic E-state index is 11.7. The van der Waals surface area contributed by atoms with Crippen molar-refractivity contribution in [3.63, 3.8) is 0 Å². The standard InChI is InChI=1S/C16H25N3O4/c1-11(18-15(21)23-16(2,3)4)10-22-13-8-6-5-7-12(13)9-14(20)19-17/h5-8,11H,9-10,17H2,1-4H3,(H,18,21)(H,19,20)/t11-/m1/s1. The number of rotatable bonds is 6. The predicted octanol–water partition coefficient (Wildman–Crippen LogP) is 1.51. The van der Waals surface area contributed by atoms with Gasteiger partial charge in [0.2, 0.25) is 5.91 Å². The minimum Gasteiger partial charge on any atom is -0.491 e. The van der Waals surface area contributed by atoms with E-state index >= 15 is 0 Å². The molecule has 0 radical (unpaired) electrons. The average Bonchev–Trinajstić information content (AvgIpc) is 2.44. The van der Waals surface area contributed by atoms with Gasteiger partial charge in [-0.15, -0.1) is 0 Å². The Balaban J connectivity index is 2.54. The molecule has 0 fully saturated rings. The second-order valence-electron chi connectivity index (χ2n) is 6.21. The molecule has 1 atom stereocenters. The summed E-state index contributed by atoms with van der Waals surface area (Å²) in [6.07, 6.45) is -0.370. The van der Waals surface area contributed by atoms with Gasteiger partial charge in [-0.2, -0.15) is 0 Å². The number of hydrogen-bond acceptors (Lipinski definition) is 5. The molecule has 7 nitrogen and oxygen atoms in total. The Bertz CT molecular complexity index is 540. The van der Waals surface area contributed by atoms with Crippen LogP contribution in [0.1, 0.15) is 33.3 Å². The molecule has 7 heteroatoms. The van der Waals surface area contributed by atoms with Crippen LogP contribution in [-0.4, -0.2) is 30.3 Å². The van der Waals surface area contributed by atoms with Crippen molar-refractivity contribution in [1.29, 1.82) is 0 Å². The Morgan fingerprint density at radius 1 is 1.26 bits per heavy atom. The zero-order valence-corrected chi connectivity index (χ0v) is 14.0. The zero-order valence-electron chi connectivity index (χ0n) is 14.0. The predicted molar refractivity (Wildman–Crippen MR) is 86.8 cm³/mol. The van der Waals surface area contributed by atoms with E-state index in [2.05, 4.69) is 10.7 Å². The molecule has 0 unspecified atom stereocenters. The minimum absolute atomic E-state index is 0.126. The van der Waals surface area contributed by atoms with E-state index in [1.165, 1.54) is 0 Å². The van der Waals surface area contributed by atoms with E-state index < -0.39 is 11.7 Å². The van der Waals surface area contributed by atoms with Gasteiger partial charge in [0.05, 0.1) is 12.5 Å². The highest BCUT2D eigenvalue weighted by molar-refractivity contribution is 5.78. The van der Waals surface area contributed by atoms with E-state index in [9.17, 15) is 9.59 Å². The monoisotopic (exact) mass is 323 g/mol. The average molecular weight is 323 g/mol. The highest BCUT2D eigenvalue weighted by Gasteiger charge is 2.18. The van der Waals surface area contributed by atoms with Crippen LogP contribution in [0.3, 0.4) is 0 Å². The number of alkyl carbamates (subject to hydrolysis) is 1. The summed E-state index contributed by atoms with van der Waals surface area (Å²) in [7, 11) is 0. The lowest BCUT2D eigenvalue weighted by atomic mass is 10.1. The molecule has 0 heterocycles. The van der Waals surface area contributed by atoms with Crippen LogP contribution < -0.4 is 21.3 Å². The van der Waals surface area contributed by atoms with Gasteiger partial charge in [-0.25, -0.2) is 10.6 Å². The molecule has 0 bridgehead atoms. The molecule has 0 aliphatic rings. The summed E-state index contributed by atoms with van der Waals surface area (Å²) < 4.78 is 10.9. The van der Waals surface area contributed by atoms with E-state index in [1.807, 2.05) is 12.1 Å². The van der Waals surface area contributed by atoms with Gasteiger partial charge in [-0.05, 0) is 33.8 Å². The first-order valence-electron chi connectivity index (χ1n) is 7.41. The lowest BCUT2D eigenvalue weighted by Crippen LogP contribution is -2.40. The Morgan fingerprint density at radius 3 is 2.52 bits per heavy atom. The molecular weight excluding hydrogens is 298 g/mol. The van der Waals surface area contributed by atoms with E-state index in [0.717, 1.165) is 5.56 Å². The van der Waals surface area contributed by atoms with Crippen LogP contribution in [0.4, 0.5) is 4.79 Å². The Hall–Kier alpha value is -2.28. The number of para-hydroxylation sites is 1. The molecule has 0 aromatic heterocycles. The fraction of sp³-hybridized carbons (Fsp3) is 0.500. The van der Waals surface area contributed by atoms with Gasteiger partial charge < -0.3 is 14.8 Å². The van der Waals surface area contributed by atoms with Gasteiger partial charge in [-0.1, -0.05) is 18.2 Å². The molecule has 1 rings (SSSR count). The third-order valence-electron chi connectivity index (χ3n) is 2.74. The Morgan fingerprint density at radius 2 is 1.91 bits per heavy atom. The van der Waals surface area contributed by atoms with Crippen molar-refractivity contribution in [1.82, 2.24) is 10.7 Å². The molecule has 1 aromatic rings. The van der Waals surface area contributed by atoms with Crippen molar-refractivity contribution in [2.75, 3.05) is 6.61 Å². The first kappa shape index (κ1) is 18.8. The summed E-state index contributed by atoms with van der Waals surface area (Å²) in [5.41, 5.74) is 2.26. The first-order chi connectivity index (χ1) is 10.7. The molecule has 0 saturated heterocycles. The maximum Gasteiger partial charge on any atom is 0.407 e. The molecule has 0 spiro atoms. The van der Waals surface area contributed by atoms with Crippen LogP contribution in [0.25, 0.3) is 0 Å². The van der Waals surface area contributed by atoms with Crippen LogP contribution in [0.2, 0.25) is 0 Å². The number of hydrogen-bond donors (Lipinski definition) is 3. The van der Waals surface area contributed by atoms with Gasteiger partial charge in [-0.3, -0.25) is 10.2 Å². The molecule has 1 aromatic carbocycles. The lowest BCUT2D eigenvalue weighted by molar-refractivity contribution is -0.120. The summed E-state index contributed by atoms with van der Waals surface area (Å²) in [6.45, 7) is 7.45. The highest BCUT2D eigenvalue weighted by Crippen LogP contribution is 2.18. The smallest absolute Gasteiger partial charge is 0.407 e. The zero-order chi connectivity index (χ0) is 17.5. The fourth-order valence-corrected chi connectivity index (χ4v) is 1.78. The molecule has 4 N–H and O–H groups in total. The van der Waals surface area contributed by atoms with E-state index in [1.54, 1.807) is 39.8 Å². The maximum absolute atomic E-state index is 11.7. The summed E-state index contributed by atoms with van der Waals surface area (Å²) in [4.78, 5) is 23.1. The summed E-state index contributed by atoms with van der Waals surface area (Å²) >= 11 is 0. The molecule has 23 heavy (non-hydrogen) atoms. The highest BCUT2D eigenvalue weighted by atomic mass is 16.6. The van der Waals surface area contributed by atoms with Crippen LogP contribution in [0.15, 0.2) is 24.3 Å². The second-order valence-corrected chi connectivity index (χ2v) is 6.21. The van der Waals surface area contributed by atoms with E-state index in [4.69, 9.17) is 15.3 Å². The minimum atomic E-state index is -0.549. The van der Waals surface area contributed by atoms with Crippen LogP contribution in [-0.2, 0) is 16.0 Å². The van der Waals surface area contributed by atoms with Crippen molar-refractivity contribution in [3.05, 3.63) is 29.8 Å². The van der Waals surface area contributed by atoms with Crippen LogP contribution in [0, 0.1) is 0 Å². The normalized spacial score (nSPS) is 12.2. The Kier molecular flexibility index (Phi) is 6.84. The Labute approximate surface area is 136 Å². The van der Waals surface area contributed by atoms with Gasteiger partial charge in [0.15, 0.2) is 0 Å². The van der Waals surface area contributed by atoms with Crippen molar-refractivity contribution in [2.24, 2.45) is 5.84 Å². The van der Waals surface area contributed by atoms with Crippen LogP contribution in [0.5, 0.6) is 5.75 Å². The van der Waals surface area contributed by atoms with Crippen molar-refractivity contribution in [3.8, 4) is 5.75 Å². The van der Waals surface area contributed by atoms with Gasteiger partial charge in [0.25, 0.3) is 0 Å². The van der Waals surface area contributed by atoms with E-state index in [0.29, 0.717) is 5.75 Å². The largest absolute Gasteiger partial charge is 0.491 e. The lowest BCUT2D eigenvalue weighted by Gasteiger charge is -2.22. The number of amides is 2. The molecule has 128 valence electrons. The molecule has 0 aliphatic carbocycles. The number of carbonyl (C=O) groups excluding carboxylic acids is 2. The number of ether oxygens (including phenoxy) is 2. The van der Waals surface area contributed by atoms with Gasteiger partial charge in [0.1, 0.15) is 18.0 Å². The number of benzene rings is 1. The van der Waals surface area contributed by atoms with E-state index in [-0.39, 0.29) is 25.0 Å². The summed E-state index contributed by atoms with van der Waals surface area (Å²) in [5.74, 6) is 5.37. The summed E-state index contributed by atoms with van der Waals surface area (Å²) in [5, 5.41) is 2.69. The topological polar surface area (TPSA) is 103 Å². The second kappa shape index (κ2) is 8.38. The number of carbonyl (C=O) groups is 2. The fourth-order valence-electron chi connectivity index (χ4n) is 1.78. The van der Waals surface area contributed by atoms with Crippen molar-refractivity contribution >= 4 is 12.0 Å². The van der Waals surface area contributed by atoms with Crippen molar-refractivity contribution in [2.45, 2.75) is 45.8 Å². The molecular formula is C16H25N3O4. The molecule has 0 saturated carbocycles. The van der Waals surface area contributed by atoms with Crippen LogP contribution >= 0.6 is 0 Å². The molecule has 0 aliphatic heterocycles. The number of hydrazine groups is 1. The SMILES string of the molecule is C[C@H](COc1ccccc1CC(=O)NN)NC(=O)OC(C)(C)C. The number of nitrogens with two attached hydrogens (primary N) is 1. The van der Waals surface area contributed by atoms with Gasteiger partial charge in [0, 0.05) is 5.56 Å². The third-order valence-corrected chi connectivity index (χ3v) is 2.74. The van der Waals surface area contributed by atoms with Gasteiger partial charge >= 0.3 is 6.09 Å². The summed E-state index contributed by atoms with van der Waals surface area (Å²) in [6, 6.07) is 6.93. The molecule has 2 amide bonds. The number of nitrogens with one attached hydrogen (secondary N) is 2. The van der Waals surface area contributed by atoms with Crippen molar-refractivity contribution < 1.29 is 19.1 Å². The quantitative estimate of drug-likeness (QED) is 0.418. The first-order valence-corrected chi connectivity index (χ1v) is 7.41.